The molecule has 0 aliphatic heterocycles. The van der Waals surface area contributed by atoms with Gasteiger partial charge in [0, 0.05) is 12.0 Å². The van der Waals surface area contributed by atoms with E-state index in [1.807, 2.05) is 0 Å². The fraction of sp³-hybridized carbons (Fsp3) is 0.938. The fourth-order valence-corrected chi connectivity index (χ4v) is 16.4. The summed E-state index contributed by atoms with van der Waals surface area (Å²) in [6, 6.07) is 11.7. The maximum Gasteiger partial charge on any atom is 0.282 e. The van der Waals surface area contributed by atoms with Crippen molar-refractivity contribution in [1.29, 1.82) is 0 Å². The molecule has 0 saturated carbocycles. The second-order valence-corrected chi connectivity index (χ2v) is 33.6. The second-order valence-electron chi connectivity index (χ2n) is 33.6. The smallest absolute Gasteiger partial charge is 0.282 e. The molecule has 0 heterocycles. The third kappa shape index (κ3) is 71.7. The molecule has 0 radical (unpaired) electrons. The molecule has 0 saturated heterocycles. The van der Waals surface area contributed by atoms with Crippen molar-refractivity contribution in [1.82, 2.24) is 0 Å². The number of hydrogen-bond donors (Lipinski definition) is 0. The third-order valence-electron chi connectivity index (χ3n) is 23.4. The van der Waals surface area contributed by atoms with E-state index < -0.39 is 5.97 Å². The van der Waals surface area contributed by atoms with Crippen molar-refractivity contribution in [3.05, 3.63) is 35.9 Å². The van der Waals surface area contributed by atoms with Crippen LogP contribution in [0.5, 0.6) is 0 Å². The van der Waals surface area contributed by atoms with Crippen LogP contribution in [0.4, 0.5) is 0 Å². The van der Waals surface area contributed by atoms with E-state index in [2.05, 4.69) is 65.0 Å². The Morgan fingerprint density at radius 1 is 0.198 bits per heavy atom. The average molecular weight is 1420 g/mol. The van der Waals surface area contributed by atoms with E-state index in [9.17, 15) is 0 Å². The molecule has 0 fully saturated rings. The Balaban J connectivity index is 2.66. The molecule has 0 bridgehead atoms. The molecular weight excluding hydrogens is 1230 g/mol. The monoisotopic (exact) mass is 1420 g/mol. The molecule has 101 heavy (non-hydrogen) atoms. The zero-order valence-corrected chi connectivity index (χ0v) is 70.7. The predicted octanol–water partition coefficient (Wildman–Crippen LogP) is 34.2. The van der Waals surface area contributed by atoms with Crippen LogP contribution in [0.25, 0.3) is 0 Å². The highest BCUT2D eigenvalue weighted by Gasteiger charge is 2.33. The highest BCUT2D eigenvalue weighted by atomic mass is 16.9. The van der Waals surface area contributed by atoms with Crippen LogP contribution in [0.1, 0.15) is 541 Å². The first-order valence-electron chi connectivity index (χ1n) is 47.9. The average Bonchev–Trinajstić information content (AvgIpc) is 0.865. The molecule has 0 atom stereocenters. The third-order valence-corrected chi connectivity index (χ3v) is 23.4. The van der Waals surface area contributed by atoms with Gasteiger partial charge in [-0.05, 0) is 64.2 Å². The lowest BCUT2D eigenvalue weighted by Gasteiger charge is -2.39. The summed E-state index contributed by atoms with van der Waals surface area (Å²) in [5.41, 5.74) is 1.58. The minimum atomic E-state index is -0.860. The number of nitrogens with zero attached hydrogens (tertiary/aromatic N) is 1. The first kappa shape index (κ1) is 98.1. The Kier molecular flexibility index (Phi) is 80.7. The van der Waals surface area contributed by atoms with Gasteiger partial charge in [0.1, 0.15) is 6.54 Å². The van der Waals surface area contributed by atoms with Gasteiger partial charge < -0.3 is 18.7 Å². The fourth-order valence-electron chi connectivity index (χ4n) is 16.4. The number of ether oxygens (including phenoxy) is 3. The van der Waals surface area contributed by atoms with Gasteiger partial charge in [-0.2, -0.15) is 0 Å². The minimum absolute atomic E-state index is 0.765. The van der Waals surface area contributed by atoms with Gasteiger partial charge in [0.2, 0.25) is 0 Å². The maximum atomic E-state index is 6.88. The molecule has 4 heteroatoms. The van der Waals surface area contributed by atoms with Gasteiger partial charge in [-0.3, -0.25) is 0 Å². The lowest BCUT2D eigenvalue weighted by molar-refractivity contribution is -0.941. The lowest BCUT2D eigenvalue weighted by Crippen LogP contribution is -2.49. The van der Waals surface area contributed by atoms with E-state index in [1.54, 1.807) is 5.56 Å². The summed E-state index contributed by atoms with van der Waals surface area (Å²) >= 11 is 0. The van der Waals surface area contributed by atoms with Gasteiger partial charge in [-0.25, -0.2) is 0 Å². The molecular formula is C97H190NO3+. The Morgan fingerprint density at radius 2 is 0.366 bits per heavy atom. The van der Waals surface area contributed by atoms with Crippen LogP contribution in [-0.4, -0.2) is 49.9 Å². The van der Waals surface area contributed by atoms with Gasteiger partial charge in [0.25, 0.3) is 5.97 Å². The molecule has 0 unspecified atom stereocenters. The maximum absolute atomic E-state index is 6.88. The van der Waals surface area contributed by atoms with Gasteiger partial charge in [0.05, 0.1) is 39.5 Å². The van der Waals surface area contributed by atoms with E-state index in [0.29, 0.717) is 0 Å². The Bertz CT molecular complexity index is 1530. The minimum Gasteiger partial charge on any atom is -0.327 e. The SMILES string of the molecule is CCCCCCCCCCCCCCCCCC[N+](CCCCCCCCCCCCCCCCCC)(CCCCCCCCCCCCCCCCCC(OCCCCCCCCCCCC)(OCCCCCCCCCCCC)OCCCCCCCCCCCC)Cc1ccccc1. The highest BCUT2D eigenvalue weighted by molar-refractivity contribution is 5.13. The van der Waals surface area contributed by atoms with Crippen LogP contribution in [0.3, 0.4) is 0 Å². The van der Waals surface area contributed by atoms with E-state index in [0.717, 1.165) is 51.9 Å². The molecule has 0 spiro atoms. The van der Waals surface area contributed by atoms with Crippen LogP contribution in [0.15, 0.2) is 30.3 Å². The molecule has 0 aliphatic rings. The van der Waals surface area contributed by atoms with Crippen molar-refractivity contribution in [3.63, 3.8) is 0 Å². The quantitative estimate of drug-likeness (QED) is 0.0370. The Labute approximate surface area is 638 Å². The van der Waals surface area contributed by atoms with Crippen molar-refractivity contribution >= 4 is 0 Å². The zero-order chi connectivity index (χ0) is 72.3. The van der Waals surface area contributed by atoms with E-state index in [1.165, 1.54) is 499 Å². The molecule has 0 aliphatic carbocycles. The number of unbranched alkanes of at least 4 members (excludes halogenated alkanes) is 71. The van der Waals surface area contributed by atoms with Crippen molar-refractivity contribution in [2.45, 2.75) is 548 Å². The number of quaternary nitrogens is 1. The van der Waals surface area contributed by atoms with Crippen LogP contribution in [0, 0.1) is 0 Å². The molecule has 0 aromatic heterocycles. The van der Waals surface area contributed by atoms with Gasteiger partial charge >= 0.3 is 0 Å². The predicted molar refractivity (Wildman–Crippen MR) is 454 cm³/mol. The standard InChI is InChI=1S/C97H190NO3/c1-6-11-16-21-26-31-36-38-40-44-48-52-56-63-70-80-89-98(95-96-86-77-76-78-87-96,90-81-71-64-57-53-49-45-41-39-37-32-27-22-17-12-7-2)91-82-72-65-58-54-50-46-42-43-47-51-55-62-69-79-88-97(99-92-83-73-66-59-33-28-23-18-13-8-3,100-93-84-74-67-60-34-29-24-19-14-9-4)101-94-85-75-68-61-35-30-25-20-15-10-5/h76-78,86-87H,6-75,79-85,88-95H2,1-5H3/q+1. The topological polar surface area (TPSA) is 27.7 Å². The summed E-state index contributed by atoms with van der Waals surface area (Å²) < 4.78 is 22.0. The summed E-state index contributed by atoms with van der Waals surface area (Å²) in [6.45, 7) is 19.3. The van der Waals surface area contributed by atoms with Crippen molar-refractivity contribution < 1.29 is 18.7 Å². The van der Waals surface area contributed by atoms with Gasteiger partial charge in [-0.1, -0.05) is 495 Å². The normalized spacial score (nSPS) is 12.1. The summed E-state index contributed by atoms with van der Waals surface area (Å²) in [5, 5.41) is 0. The first-order chi connectivity index (χ1) is 50.1. The molecule has 4 nitrogen and oxygen atoms in total. The molecule has 0 N–H and O–H groups in total. The van der Waals surface area contributed by atoms with E-state index in [-0.39, 0.29) is 0 Å². The number of hydrogen-bond acceptors (Lipinski definition) is 3. The molecule has 600 valence electrons. The number of benzene rings is 1. The van der Waals surface area contributed by atoms with Crippen LogP contribution in [0.2, 0.25) is 0 Å². The Morgan fingerprint density at radius 3 is 0.564 bits per heavy atom. The molecule has 0 amide bonds. The van der Waals surface area contributed by atoms with Gasteiger partial charge in [-0.15, -0.1) is 0 Å². The summed E-state index contributed by atoms with van der Waals surface area (Å²) in [4.78, 5) is 0. The van der Waals surface area contributed by atoms with Crippen LogP contribution < -0.4 is 0 Å². The largest absolute Gasteiger partial charge is 0.327 e. The summed E-state index contributed by atoms with van der Waals surface area (Å²) in [6.07, 6.45) is 109. The zero-order valence-electron chi connectivity index (χ0n) is 70.7. The Hall–Kier alpha value is -0.940. The van der Waals surface area contributed by atoms with Gasteiger partial charge in [0.15, 0.2) is 0 Å². The first-order valence-corrected chi connectivity index (χ1v) is 47.9. The number of rotatable bonds is 90. The lowest BCUT2D eigenvalue weighted by atomic mass is 10.0. The van der Waals surface area contributed by atoms with E-state index in [4.69, 9.17) is 14.2 Å². The van der Waals surface area contributed by atoms with E-state index >= 15 is 0 Å². The summed E-state index contributed by atoms with van der Waals surface area (Å²) in [5.74, 6) is -0.860. The summed E-state index contributed by atoms with van der Waals surface area (Å²) in [7, 11) is 0. The van der Waals surface area contributed by atoms with Crippen molar-refractivity contribution in [3.8, 4) is 0 Å². The van der Waals surface area contributed by atoms with Crippen LogP contribution >= 0.6 is 0 Å². The highest BCUT2D eigenvalue weighted by Crippen LogP contribution is 2.29. The van der Waals surface area contributed by atoms with Crippen molar-refractivity contribution in [2.24, 2.45) is 0 Å². The molecule has 1 rings (SSSR count). The van der Waals surface area contributed by atoms with Crippen molar-refractivity contribution in [2.75, 3.05) is 39.5 Å². The molecule has 1 aromatic carbocycles. The molecule has 1 aromatic rings. The second kappa shape index (κ2) is 83.1. The van der Waals surface area contributed by atoms with Crippen LogP contribution in [-0.2, 0) is 20.8 Å².